The summed E-state index contributed by atoms with van der Waals surface area (Å²) < 4.78 is 39.7. The summed E-state index contributed by atoms with van der Waals surface area (Å²) in [6, 6.07) is 12.7. The van der Waals surface area contributed by atoms with Gasteiger partial charge in [-0.3, -0.25) is 4.79 Å². The number of benzene rings is 2. The van der Waals surface area contributed by atoms with Crippen LogP contribution in [0.1, 0.15) is 10.4 Å². The van der Waals surface area contributed by atoms with Crippen LogP contribution in [0.4, 0.5) is 10.1 Å². The molecule has 0 radical (unpaired) electrons. The first-order chi connectivity index (χ1) is 13.3. The van der Waals surface area contributed by atoms with Crippen molar-refractivity contribution in [1.82, 2.24) is 9.62 Å². The fourth-order valence-corrected chi connectivity index (χ4v) is 4.57. The molecule has 0 atom stereocenters. The summed E-state index contributed by atoms with van der Waals surface area (Å²) in [4.78, 5) is 14.1. The van der Waals surface area contributed by atoms with E-state index in [1.807, 2.05) is 18.2 Å². The molecule has 0 spiro atoms. The highest BCUT2D eigenvalue weighted by atomic mass is 35.5. The largest absolute Gasteiger partial charge is 0.369 e. The number of sulfonamides is 1. The van der Waals surface area contributed by atoms with Crippen LogP contribution in [0.5, 0.6) is 0 Å². The van der Waals surface area contributed by atoms with Gasteiger partial charge in [-0.2, -0.15) is 4.31 Å². The number of hydrogen-bond donors (Lipinski definition) is 1. The Bertz CT molecular complexity index is 947. The third-order valence-electron chi connectivity index (χ3n) is 4.54. The van der Waals surface area contributed by atoms with Gasteiger partial charge in [-0.15, -0.1) is 0 Å². The fourth-order valence-electron chi connectivity index (χ4n) is 3.05. The third kappa shape index (κ3) is 5.21. The SMILES string of the molecule is O=C(NCCS(=O)(=O)N1CCN(c2cccc(Cl)c2)CC1)c1cccc(F)c1. The van der Waals surface area contributed by atoms with Crippen LogP contribution < -0.4 is 10.2 Å². The van der Waals surface area contributed by atoms with Crippen molar-refractivity contribution in [3.63, 3.8) is 0 Å². The lowest BCUT2D eigenvalue weighted by molar-refractivity contribution is 0.0955. The van der Waals surface area contributed by atoms with Gasteiger partial charge in [0.15, 0.2) is 0 Å². The molecule has 150 valence electrons. The first-order valence-electron chi connectivity index (χ1n) is 8.87. The Morgan fingerprint density at radius 1 is 1.07 bits per heavy atom. The molecule has 1 saturated heterocycles. The molecule has 9 heteroatoms. The number of hydrogen-bond acceptors (Lipinski definition) is 4. The molecule has 0 bridgehead atoms. The van der Waals surface area contributed by atoms with E-state index in [-0.39, 0.29) is 17.9 Å². The molecule has 0 saturated carbocycles. The summed E-state index contributed by atoms with van der Waals surface area (Å²) in [5, 5.41) is 3.17. The second-order valence-electron chi connectivity index (χ2n) is 6.45. The Balaban J connectivity index is 1.49. The Kier molecular flexibility index (Phi) is 6.53. The van der Waals surface area contributed by atoms with Crippen molar-refractivity contribution in [3.8, 4) is 0 Å². The van der Waals surface area contributed by atoms with Crippen LogP contribution in [0.15, 0.2) is 48.5 Å². The van der Waals surface area contributed by atoms with Crippen LogP contribution in [0, 0.1) is 5.82 Å². The summed E-state index contributed by atoms with van der Waals surface area (Å²) in [6.45, 7) is 1.83. The smallest absolute Gasteiger partial charge is 0.251 e. The lowest BCUT2D eigenvalue weighted by atomic mass is 10.2. The number of rotatable bonds is 6. The molecule has 3 rings (SSSR count). The van der Waals surface area contributed by atoms with E-state index >= 15 is 0 Å². The van der Waals surface area contributed by atoms with Crippen molar-refractivity contribution in [2.45, 2.75) is 0 Å². The highest BCUT2D eigenvalue weighted by Crippen LogP contribution is 2.21. The van der Waals surface area contributed by atoms with Crippen molar-refractivity contribution in [3.05, 3.63) is 64.9 Å². The van der Waals surface area contributed by atoms with E-state index in [1.54, 1.807) is 6.07 Å². The number of piperazine rings is 1. The fraction of sp³-hybridized carbons (Fsp3) is 0.316. The molecule has 0 aromatic heterocycles. The molecular weight excluding hydrogens is 405 g/mol. The monoisotopic (exact) mass is 425 g/mol. The minimum absolute atomic E-state index is 0.0355. The number of nitrogens with zero attached hydrogens (tertiary/aromatic N) is 2. The van der Waals surface area contributed by atoms with Gasteiger partial charge in [0.05, 0.1) is 5.75 Å². The number of carbonyl (C=O) groups excluding carboxylic acids is 1. The van der Waals surface area contributed by atoms with Crippen molar-refractivity contribution in [2.24, 2.45) is 0 Å². The van der Waals surface area contributed by atoms with E-state index in [4.69, 9.17) is 11.6 Å². The molecule has 1 amide bonds. The maximum absolute atomic E-state index is 13.2. The number of halogens is 2. The molecule has 0 aliphatic carbocycles. The zero-order valence-corrected chi connectivity index (χ0v) is 16.7. The molecular formula is C19H21ClFN3O3S. The molecule has 6 nitrogen and oxygen atoms in total. The van der Waals surface area contributed by atoms with Crippen LogP contribution in [-0.4, -0.2) is 57.1 Å². The van der Waals surface area contributed by atoms with E-state index in [2.05, 4.69) is 10.2 Å². The van der Waals surface area contributed by atoms with E-state index in [9.17, 15) is 17.6 Å². The Hall–Kier alpha value is -2.16. The van der Waals surface area contributed by atoms with Gasteiger partial charge in [-0.25, -0.2) is 12.8 Å². The molecule has 28 heavy (non-hydrogen) atoms. The maximum Gasteiger partial charge on any atom is 0.251 e. The lowest BCUT2D eigenvalue weighted by Gasteiger charge is -2.35. The lowest BCUT2D eigenvalue weighted by Crippen LogP contribution is -2.50. The normalized spacial score (nSPS) is 15.4. The number of anilines is 1. The Labute approximate surface area is 168 Å². The van der Waals surface area contributed by atoms with E-state index in [1.165, 1.54) is 22.5 Å². The van der Waals surface area contributed by atoms with Gasteiger partial charge in [0, 0.05) is 49.0 Å². The van der Waals surface area contributed by atoms with Crippen LogP contribution in [0.2, 0.25) is 5.02 Å². The molecule has 2 aromatic rings. The molecule has 1 N–H and O–H groups in total. The van der Waals surface area contributed by atoms with Crippen LogP contribution in [0.3, 0.4) is 0 Å². The van der Waals surface area contributed by atoms with Crippen LogP contribution in [0.25, 0.3) is 0 Å². The van der Waals surface area contributed by atoms with Crippen molar-refractivity contribution < 1.29 is 17.6 Å². The predicted octanol–water partition coefficient (Wildman–Crippen LogP) is 2.36. The summed E-state index contributed by atoms with van der Waals surface area (Å²) in [5.41, 5.74) is 1.12. The zero-order valence-electron chi connectivity index (χ0n) is 15.1. The maximum atomic E-state index is 13.2. The van der Waals surface area contributed by atoms with Gasteiger partial charge in [-0.05, 0) is 36.4 Å². The second-order valence-corrected chi connectivity index (χ2v) is 8.97. The van der Waals surface area contributed by atoms with Gasteiger partial charge < -0.3 is 10.2 Å². The summed E-state index contributed by atoms with van der Waals surface area (Å²) in [5.74, 6) is -1.22. The number of amides is 1. The van der Waals surface area contributed by atoms with Gasteiger partial charge >= 0.3 is 0 Å². The van der Waals surface area contributed by atoms with Crippen molar-refractivity contribution in [1.29, 1.82) is 0 Å². The highest BCUT2D eigenvalue weighted by molar-refractivity contribution is 7.89. The van der Waals surface area contributed by atoms with Crippen molar-refractivity contribution in [2.75, 3.05) is 43.4 Å². The summed E-state index contributed by atoms with van der Waals surface area (Å²) >= 11 is 6.01. The van der Waals surface area contributed by atoms with Gasteiger partial charge in [0.1, 0.15) is 5.82 Å². The van der Waals surface area contributed by atoms with Gasteiger partial charge in [0.2, 0.25) is 10.0 Å². The zero-order chi connectivity index (χ0) is 20.1. The average molecular weight is 426 g/mol. The summed E-state index contributed by atoms with van der Waals surface area (Å²) in [6.07, 6.45) is 0. The second kappa shape index (κ2) is 8.89. The average Bonchev–Trinajstić information content (AvgIpc) is 2.68. The number of carbonyl (C=O) groups is 1. The minimum atomic E-state index is -3.49. The molecule has 2 aromatic carbocycles. The number of nitrogens with one attached hydrogen (secondary N) is 1. The first-order valence-corrected chi connectivity index (χ1v) is 10.9. The topological polar surface area (TPSA) is 69.7 Å². The third-order valence-corrected chi connectivity index (χ3v) is 6.64. The van der Waals surface area contributed by atoms with Gasteiger partial charge in [0.25, 0.3) is 5.91 Å². The standard InChI is InChI=1S/C19H21ClFN3O3S/c20-16-4-2-6-18(14-16)23-8-10-24(11-9-23)28(26,27)12-7-22-19(25)15-3-1-5-17(21)13-15/h1-6,13-14H,7-12H2,(H,22,25). The minimum Gasteiger partial charge on any atom is -0.369 e. The Morgan fingerprint density at radius 3 is 2.46 bits per heavy atom. The van der Waals surface area contributed by atoms with Gasteiger partial charge in [-0.1, -0.05) is 23.7 Å². The van der Waals surface area contributed by atoms with E-state index in [0.29, 0.717) is 31.2 Å². The molecule has 1 fully saturated rings. The quantitative estimate of drug-likeness (QED) is 0.771. The highest BCUT2D eigenvalue weighted by Gasteiger charge is 2.27. The van der Waals surface area contributed by atoms with Crippen LogP contribution in [-0.2, 0) is 10.0 Å². The van der Waals surface area contributed by atoms with E-state index < -0.39 is 21.7 Å². The molecule has 0 unspecified atom stereocenters. The first kappa shape index (κ1) is 20.6. The Morgan fingerprint density at radius 2 is 1.79 bits per heavy atom. The molecule has 1 aliphatic heterocycles. The molecule has 1 aliphatic rings. The van der Waals surface area contributed by atoms with E-state index in [0.717, 1.165) is 11.8 Å². The molecule has 1 heterocycles. The van der Waals surface area contributed by atoms with Crippen molar-refractivity contribution >= 4 is 33.2 Å². The van der Waals surface area contributed by atoms with Crippen LogP contribution >= 0.6 is 11.6 Å². The predicted molar refractivity (Wildman–Crippen MR) is 108 cm³/mol. The summed E-state index contributed by atoms with van der Waals surface area (Å²) in [7, 11) is -3.49.